The Morgan fingerprint density at radius 3 is 3.00 bits per heavy atom. The largest absolute Gasteiger partial charge is 0.325 e. The highest BCUT2D eigenvalue weighted by molar-refractivity contribution is 4.90. The normalized spacial score (nSPS) is 25.3. The first-order chi connectivity index (χ1) is 7.09. The first-order valence-electron chi connectivity index (χ1n) is 5.57. The smallest absolute Gasteiger partial charge is 0.313 e. The molecule has 15 heavy (non-hydrogen) atoms. The van der Waals surface area contributed by atoms with Gasteiger partial charge in [0.25, 0.3) is 0 Å². The minimum atomic E-state index is -0.0156. The van der Waals surface area contributed by atoms with Crippen molar-refractivity contribution in [3.8, 4) is 0 Å². The van der Waals surface area contributed by atoms with Crippen LogP contribution in [0.3, 0.4) is 0 Å². The molecule has 1 aromatic heterocycles. The zero-order valence-corrected chi connectivity index (χ0v) is 9.42. The molecule has 0 amide bonds. The lowest BCUT2D eigenvalue weighted by atomic mass is 9.77. The molecule has 0 bridgehead atoms. The Hall–Kier alpha value is -1.03. The Morgan fingerprint density at radius 1 is 1.60 bits per heavy atom. The number of piperidine rings is 1. The molecule has 4 heteroatoms. The quantitative estimate of drug-likeness (QED) is 0.762. The van der Waals surface area contributed by atoms with Gasteiger partial charge in [0.2, 0.25) is 0 Å². The minimum absolute atomic E-state index is 0.0156. The number of imidazole rings is 1. The maximum atomic E-state index is 11.4. The molecule has 1 aromatic rings. The minimum Gasteiger partial charge on any atom is -0.313 e. The number of aromatic nitrogens is 2. The molecule has 2 rings (SSSR count). The van der Waals surface area contributed by atoms with Crippen LogP contribution in [0.1, 0.15) is 26.7 Å². The van der Waals surface area contributed by atoms with Crippen LogP contribution in [0, 0.1) is 5.41 Å². The van der Waals surface area contributed by atoms with Gasteiger partial charge in [0.05, 0.1) is 0 Å². The van der Waals surface area contributed by atoms with Crippen LogP contribution in [0.4, 0.5) is 0 Å². The highest BCUT2D eigenvalue weighted by Gasteiger charge is 2.32. The third-order valence-corrected chi connectivity index (χ3v) is 3.43. The van der Waals surface area contributed by atoms with E-state index in [0.29, 0.717) is 6.04 Å². The fourth-order valence-corrected chi connectivity index (χ4v) is 2.27. The zero-order valence-electron chi connectivity index (χ0n) is 9.42. The topological polar surface area (TPSA) is 49.8 Å². The van der Waals surface area contributed by atoms with Crippen molar-refractivity contribution in [1.82, 2.24) is 14.9 Å². The average molecular weight is 209 g/mol. The molecule has 0 spiro atoms. The summed E-state index contributed by atoms with van der Waals surface area (Å²) in [6.45, 7) is 6.35. The molecule has 0 radical (unpaired) electrons. The van der Waals surface area contributed by atoms with Crippen LogP contribution in [-0.2, 0) is 6.54 Å². The van der Waals surface area contributed by atoms with Crippen LogP contribution in [-0.4, -0.2) is 22.1 Å². The van der Waals surface area contributed by atoms with E-state index in [1.54, 1.807) is 10.8 Å². The van der Waals surface area contributed by atoms with Crippen molar-refractivity contribution in [2.75, 3.05) is 6.54 Å². The van der Waals surface area contributed by atoms with Crippen molar-refractivity contribution in [3.05, 3.63) is 22.9 Å². The van der Waals surface area contributed by atoms with Gasteiger partial charge in [-0.25, -0.2) is 4.79 Å². The number of nitrogens with one attached hydrogen (secondary N) is 2. The van der Waals surface area contributed by atoms with Crippen molar-refractivity contribution < 1.29 is 0 Å². The van der Waals surface area contributed by atoms with Crippen molar-refractivity contribution >= 4 is 0 Å². The predicted octanol–water partition coefficient (Wildman–Crippen LogP) is 0.955. The van der Waals surface area contributed by atoms with Gasteiger partial charge in [0, 0.05) is 25.0 Å². The summed E-state index contributed by atoms with van der Waals surface area (Å²) in [5.74, 6) is 0. The zero-order chi connectivity index (χ0) is 10.9. The van der Waals surface area contributed by atoms with E-state index in [4.69, 9.17) is 0 Å². The van der Waals surface area contributed by atoms with E-state index in [-0.39, 0.29) is 11.1 Å². The molecule has 4 nitrogen and oxygen atoms in total. The fourth-order valence-electron chi connectivity index (χ4n) is 2.27. The number of H-pyrrole nitrogens is 1. The maximum Gasteiger partial charge on any atom is 0.325 e. The number of aromatic amines is 1. The van der Waals surface area contributed by atoms with Crippen LogP contribution < -0.4 is 11.0 Å². The Balaban J connectivity index is 2.11. The summed E-state index contributed by atoms with van der Waals surface area (Å²) in [5, 5.41) is 3.50. The highest BCUT2D eigenvalue weighted by atomic mass is 16.1. The summed E-state index contributed by atoms with van der Waals surface area (Å²) in [5.41, 5.74) is 0.257. The van der Waals surface area contributed by atoms with Crippen LogP contribution in [0.2, 0.25) is 0 Å². The lowest BCUT2D eigenvalue weighted by molar-refractivity contribution is 0.162. The van der Waals surface area contributed by atoms with Gasteiger partial charge >= 0.3 is 5.69 Å². The second kappa shape index (κ2) is 3.85. The number of hydrogen-bond donors (Lipinski definition) is 2. The van der Waals surface area contributed by atoms with E-state index in [2.05, 4.69) is 24.1 Å². The summed E-state index contributed by atoms with van der Waals surface area (Å²) in [4.78, 5) is 14.0. The molecular formula is C11H19N3O. The molecule has 0 aliphatic carbocycles. The van der Waals surface area contributed by atoms with Crippen LogP contribution in [0.15, 0.2) is 17.2 Å². The van der Waals surface area contributed by atoms with Gasteiger partial charge in [-0.2, -0.15) is 0 Å². The standard InChI is InChI=1S/C11H19N3O/c1-11(2)4-3-5-12-9(11)8-14-7-6-13-10(14)15/h6-7,9,12H,3-5,8H2,1-2H3,(H,13,15). The van der Waals surface area contributed by atoms with Gasteiger partial charge in [-0.05, 0) is 24.8 Å². The van der Waals surface area contributed by atoms with Crippen molar-refractivity contribution in [2.24, 2.45) is 5.41 Å². The average Bonchev–Trinajstić information content (AvgIpc) is 2.56. The van der Waals surface area contributed by atoms with E-state index >= 15 is 0 Å². The number of hydrogen-bond acceptors (Lipinski definition) is 2. The van der Waals surface area contributed by atoms with Crippen LogP contribution in [0.25, 0.3) is 0 Å². The third kappa shape index (κ3) is 2.15. The van der Waals surface area contributed by atoms with Crippen molar-refractivity contribution in [2.45, 2.75) is 39.3 Å². The number of nitrogens with zero attached hydrogens (tertiary/aromatic N) is 1. The van der Waals surface area contributed by atoms with Gasteiger partial charge in [-0.3, -0.25) is 4.57 Å². The second-order valence-electron chi connectivity index (χ2n) is 5.02. The van der Waals surface area contributed by atoms with Gasteiger partial charge in [-0.15, -0.1) is 0 Å². The molecule has 1 aliphatic heterocycles. The van der Waals surface area contributed by atoms with Gasteiger partial charge in [-0.1, -0.05) is 13.8 Å². The Kier molecular flexibility index (Phi) is 2.69. The lowest BCUT2D eigenvalue weighted by Crippen LogP contribution is -2.49. The Labute approximate surface area is 89.7 Å². The molecule has 1 atom stereocenters. The van der Waals surface area contributed by atoms with Crippen molar-refractivity contribution in [3.63, 3.8) is 0 Å². The van der Waals surface area contributed by atoms with Gasteiger partial charge in [0.1, 0.15) is 0 Å². The molecule has 2 N–H and O–H groups in total. The summed E-state index contributed by atoms with van der Waals surface area (Å²) < 4.78 is 1.74. The second-order valence-corrected chi connectivity index (χ2v) is 5.02. The molecule has 84 valence electrons. The van der Waals surface area contributed by atoms with Crippen molar-refractivity contribution in [1.29, 1.82) is 0 Å². The fraction of sp³-hybridized carbons (Fsp3) is 0.727. The number of rotatable bonds is 2. The summed E-state index contributed by atoms with van der Waals surface area (Å²) in [6.07, 6.45) is 5.96. The first-order valence-corrected chi connectivity index (χ1v) is 5.57. The summed E-state index contributed by atoms with van der Waals surface area (Å²) in [6, 6.07) is 0.389. The maximum absolute atomic E-state index is 11.4. The summed E-state index contributed by atoms with van der Waals surface area (Å²) in [7, 11) is 0. The van der Waals surface area contributed by atoms with Crippen LogP contribution >= 0.6 is 0 Å². The summed E-state index contributed by atoms with van der Waals surface area (Å²) >= 11 is 0. The predicted molar refractivity (Wildman–Crippen MR) is 59.9 cm³/mol. The molecule has 1 saturated heterocycles. The van der Waals surface area contributed by atoms with E-state index in [1.807, 2.05) is 6.20 Å². The lowest BCUT2D eigenvalue weighted by Gasteiger charge is -2.39. The van der Waals surface area contributed by atoms with E-state index in [0.717, 1.165) is 13.1 Å². The van der Waals surface area contributed by atoms with Gasteiger partial charge < -0.3 is 10.3 Å². The first kappa shape index (κ1) is 10.5. The van der Waals surface area contributed by atoms with Gasteiger partial charge in [0.15, 0.2) is 0 Å². The molecule has 0 saturated carbocycles. The molecular weight excluding hydrogens is 190 g/mol. The monoisotopic (exact) mass is 209 g/mol. The van der Waals surface area contributed by atoms with E-state index in [9.17, 15) is 4.79 Å². The Morgan fingerprint density at radius 2 is 2.40 bits per heavy atom. The molecule has 2 heterocycles. The Bertz CT molecular complexity index is 377. The van der Waals surface area contributed by atoms with E-state index in [1.165, 1.54) is 12.8 Å². The molecule has 1 fully saturated rings. The molecule has 1 aliphatic rings. The van der Waals surface area contributed by atoms with Crippen LogP contribution in [0.5, 0.6) is 0 Å². The SMILES string of the molecule is CC1(C)CCCNC1Cn1cc[nH]c1=O. The highest BCUT2D eigenvalue weighted by Crippen LogP contribution is 2.30. The molecule has 0 aromatic carbocycles. The molecule has 1 unspecified atom stereocenters. The van der Waals surface area contributed by atoms with E-state index < -0.39 is 0 Å². The third-order valence-electron chi connectivity index (χ3n) is 3.43.